The summed E-state index contributed by atoms with van der Waals surface area (Å²) >= 11 is 0. The van der Waals surface area contributed by atoms with E-state index in [1.165, 1.54) is 154 Å². The van der Waals surface area contributed by atoms with Gasteiger partial charge in [0.25, 0.3) is 0 Å². The first-order valence-electron chi connectivity index (χ1n) is 24.2. The summed E-state index contributed by atoms with van der Waals surface area (Å²) in [7, 11) is 0. The molecule has 0 saturated carbocycles. The molecule has 8 heteroatoms. The van der Waals surface area contributed by atoms with Gasteiger partial charge in [0.2, 0.25) is 0 Å². The molecule has 324 valence electrons. The minimum Gasteiger partial charge on any atom is -0.466 e. The van der Waals surface area contributed by atoms with Gasteiger partial charge in [0.15, 0.2) is 0 Å². The lowest BCUT2D eigenvalue weighted by Gasteiger charge is -2.23. The Kier molecular flexibility index (Phi) is 37.9. The van der Waals surface area contributed by atoms with Crippen LogP contribution >= 0.6 is 0 Å². The lowest BCUT2D eigenvalue weighted by atomic mass is 10.0. The zero-order valence-corrected chi connectivity index (χ0v) is 36.9. The number of carbonyl (C=O) groups excluding carboxylic acids is 2. The first kappa shape index (κ1) is 51.4. The van der Waals surface area contributed by atoms with E-state index in [-0.39, 0.29) is 18.0 Å². The fourth-order valence-electron chi connectivity index (χ4n) is 7.67. The summed E-state index contributed by atoms with van der Waals surface area (Å²) < 4.78 is 11.5. The van der Waals surface area contributed by atoms with Crippen molar-refractivity contribution in [2.45, 2.75) is 245 Å². The van der Waals surface area contributed by atoms with E-state index in [1.807, 2.05) is 5.43 Å². The Morgan fingerprint density at radius 3 is 1.49 bits per heavy atom. The number of esters is 2. The second-order valence-electron chi connectivity index (χ2n) is 16.6. The fraction of sp³-hybridized carbons (Fsp3) is 0.915. The second-order valence-corrected chi connectivity index (χ2v) is 16.6. The Morgan fingerprint density at radius 1 is 0.545 bits per heavy atom. The van der Waals surface area contributed by atoms with Gasteiger partial charge in [-0.05, 0) is 83.8 Å². The summed E-state index contributed by atoms with van der Waals surface area (Å²) in [5.74, 6) is 0.0232. The maximum atomic E-state index is 12.8. The number of unbranched alkanes of at least 4 members (excludes halogenated alkanes) is 24. The molecule has 1 aliphatic heterocycles. The van der Waals surface area contributed by atoms with Gasteiger partial charge in [-0.1, -0.05) is 168 Å². The molecule has 3 N–H and O–H groups in total. The van der Waals surface area contributed by atoms with Gasteiger partial charge in [0.05, 0.1) is 12.8 Å². The Balaban J connectivity index is 2.23. The van der Waals surface area contributed by atoms with Crippen molar-refractivity contribution in [2.75, 3.05) is 32.8 Å². The third kappa shape index (κ3) is 35.3. The summed E-state index contributed by atoms with van der Waals surface area (Å²) in [5.41, 5.74) is 5.26. The topological polar surface area (TPSA) is 87.7 Å². The van der Waals surface area contributed by atoms with E-state index in [1.54, 1.807) is 0 Å². The van der Waals surface area contributed by atoms with E-state index in [2.05, 4.69) is 48.6 Å². The van der Waals surface area contributed by atoms with Crippen LogP contribution in [0.4, 0.5) is 0 Å². The highest BCUT2D eigenvalue weighted by Gasteiger charge is 2.15. The monoisotopic (exact) mass is 778 g/mol. The number of hydrazine groups is 1. The van der Waals surface area contributed by atoms with Crippen LogP contribution in [0.15, 0.2) is 12.4 Å². The molecule has 0 radical (unpaired) electrons. The molecule has 8 nitrogen and oxygen atoms in total. The summed E-state index contributed by atoms with van der Waals surface area (Å²) in [5, 5.41) is 2.16. The Hall–Kier alpha value is -1.64. The smallest absolute Gasteiger partial charge is 0.306 e. The molecular weight excluding hydrogens is 685 g/mol. The lowest BCUT2D eigenvalue weighted by Crippen LogP contribution is -2.87. The molecule has 0 bridgehead atoms. The number of hydrogen-bond acceptors (Lipinski definition) is 7. The number of ether oxygens (including phenoxy) is 2. The molecule has 0 unspecified atom stereocenters. The average Bonchev–Trinajstić information content (AvgIpc) is 3.71. The molecule has 0 atom stereocenters. The van der Waals surface area contributed by atoms with Gasteiger partial charge in [-0.2, -0.15) is 0 Å². The molecule has 0 aliphatic carbocycles. The molecular formula is C47H93N4O4+. The molecule has 0 spiro atoms. The summed E-state index contributed by atoms with van der Waals surface area (Å²) in [6.07, 6.45) is 44.3. The van der Waals surface area contributed by atoms with Gasteiger partial charge in [0.1, 0.15) is 12.3 Å². The molecule has 0 aromatic rings. The predicted octanol–water partition coefficient (Wildman–Crippen LogP) is 11.8. The van der Waals surface area contributed by atoms with Crippen molar-refractivity contribution in [1.82, 2.24) is 15.4 Å². The number of hydrogen-bond donors (Lipinski definition) is 2. The van der Waals surface area contributed by atoms with Gasteiger partial charge in [-0.25, -0.2) is 5.43 Å². The van der Waals surface area contributed by atoms with Gasteiger partial charge < -0.3 is 14.4 Å². The van der Waals surface area contributed by atoms with Crippen molar-refractivity contribution in [3.05, 3.63) is 12.4 Å². The number of rotatable bonds is 43. The molecule has 0 amide bonds. The van der Waals surface area contributed by atoms with Crippen LogP contribution in [-0.2, 0) is 19.1 Å². The van der Waals surface area contributed by atoms with Gasteiger partial charge in [-0.3, -0.25) is 14.6 Å². The van der Waals surface area contributed by atoms with E-state index in [9.17, 15) is 9.59 Å². The number of nitrogens with zero attached hydrogens (tertiary/aromatic N) is 2. The van der Waals surface area contributed by atoms with E-state index in [4.69, 9.17) is 9.47 Å². The lowest BCUT2D eigenvalue weighted by molar-refractivity contribution is -0.661. The first-order chi connectivity index (χ1) is 27.1. The molecule has 1 heterocycles. The van der Waals surface area contributed by atoms with Crippen LogP contribution in [-0.4, -0.2) is 60.7 Å². The minimum atomic E-state index is -0.0109. The Morgan fingerprint density at radius 2 is 0.982 bits per heavy atom. The number of nitrogens with one attached hydrogen (secondary N) is 1. The molecule has 55 heavy (non-hydrogen) atoms. The van der Waals surface area contributed by atoms with E-state index in [0.717, 1.165) is 77.5 Å². The van der Waals surface area contributed by atoms with Crippen molar-refractivity contribution in [1.29, 1.82) is 0 Å². The van der Waals surface area contributed by atoms with Crippen LogP contribution in [0.3, 0.4) is 0 Å². The van der Waals surface area contributed by atoms with Gasteiger partial charge in [0, 0.05) is 19.4 Å². The van der Waals surface area contributed by atoms with E-state index >= 15 is 0 Å². The summed E-state index contributed by atoms with van der Waals surface area (Å²) in [4.78, 5) is 27.6. The standard InChI is InChI=1S/C47H92N4O4/c1-4-7-10-13-16-25-32-44-54-46(52)36-28-21-17-23-30-39-50(41-33-42-51-43-38-48-49-51)40-31-24-18-22-29-37-47(53)55-45(34-26-19-14-11-8-5-2)35-27-20-15-12-9-6-3/h38,43,45,48-49H,4-37,39-42,44H2,1-3H3/p+1. The predicted molar refractivity (Wildman–Crippen MR) is 232 cm³/mol. The van der Waals surface area contributed by atoms with Crippen molar-refractivity contribution in [3.8, 4) is 0 Å². The molecule has 0 fully saturated rings. The van der Waals surface area contributed by atoms with E-state index in [0.29, 0.717) is 19.4 Å². The third-order valence-corrected chi connectivity index (χ3v) is 11.3. The van der Waals surface area contributed by atoms with Crippen molar-refractivity contribution >= 4 is 11.9 Å². The normalized spacial score (nSPS) is 12.8. The van der Waals surface area contributed by atoms with Crippen molar-refractivity contribution in [3.63, 3.8) is 0 Å². The highest BCUT2D eigenvalue weighted by Crippen LogP contribution is 2.19. The zero-order valence-electron chi connectivity index (χ0n) is 36.9. The SMILES string of the molecule is CCCCCCCCCOC(=O)CCCCCCCN(CCCCCCCC(=O)OC(CCCCCCCC)CCCCCCCC)CCCN1C=C[NH2+]N1. The summed E-state index contributed by atoms with van der Waals surface area (Å²) in [6.45, 7) is 11.8. The molecule has 1 aliphatic rings. The molecule has 0 aromatic carbocycles. The van der Waals surface area contributed by atoms with Crippen molar-refractivity contribution < 1.29 is 24.5 Å². The highest BCUT2D eigenvalue weighted by molar-refractivity contribution is 5.69. The minimum absolute atomic E-state index is 0.0109. The maximum Gasteiger partial charge on any atom is 0.306 e. The maximum absolute atomic E-state index is 12.8. The van der Waals surface area contributed by atoms with Crippen molar-refractivity contribution in [2.24, 2.45) is 0 Å². The number of quaternary nitrogens is 1. The second kappa shape index (κ2) is 40.6. The van der Waals surface area contributed by atoms with Gasteiger partial charge >= 0.3 is 11.9 Å². The molecule has 1 rings (SSSR count). The zero-order chi connectivity index (χ0) is 39.7. The van der Waals surface area contributed by atoms with Crippen LogP contribution in [0, 0.1) is 0 Å². The Bertz CT molecular complexity index is 856. The van der Waals surface area contributed by atoms with Crippen LogP contribution < -0.4 is 11.0 Å². The highest BCUT2D eigenvalue weighted by atomic mass is 16.5. The van der Waals surface area contributed by atoms with Crippen LogP contribution in [0.25, 0.3) is 0 Å². The quantitative estimate of drug-likeness (QED) is 0.0362. The fourth-order valence-corrected chi connectivity index (χ4v) is 7.67. The summed E-state index contributed by atoms with van der Waals surface area (Å²) in [6, 6.07) is 0. The van der Waals surface area contributed by atoms with Gasteiger partial charge in [-0.15, -0.1) is 0 Å². The largest absolute Gasteiger partial charge is 0.466 e. The number of nitrogens with two attached hydrogens (primary N) is 1. The van der Waals surface area contributed by atoms with Crippen LogP contribution in [0.5, 0.6) is 0 Å². The molecule has 0 saturated heterocycles. The average molecular weight is 778 g/mol. The van der Waals surface area contributed by atoms with Crippen LogP contribution in [0.2, 0.25) is 0 Å². The molecule has 0 aromatic heterocycles. The number of carbonyl (C=O) groups is 2. The Labute approximate surface area is 341 Å². The third-order valence-electron chi connectivity index (χ3n) is 11.3. The van der Waals surface area contributed by atoms with E-state index < -0.39 is 0 Å². The van der Waals surface area contributed by atoms with Crippen LogP contribution in [0.1, 0.15) is 239 Å². The first-order valence-corrected chi connectivity index (χ1v) is 24.2.